The molecule has 0 bridgehead atoms. The van der Waals surface area contributed by atoms with Crippen LogP contribution in [0.5, 0.6) is 0 Å². The molecule has 0 atom stereocenters. The number of hydrogen-bond acceptors (Lipinski definition) is 3. The Bertz CT molecular complexity index is 731. The van der Waals surface area contributed by atoms with Crippen molar-refractivity contribution in [2.75, 3.05) is 7.05 Å². The van der Waals surface area contributed by atoms with Crippen molar-refractivity contribution in [1.82, 2.24) is 4.90 Å². The summed E-state index contributed by atoms with van der Waals surface area (Å²) in [5.41, 5.74) is 2.07. The van der Waals surface area contributed by atoms with E-state index in [-0.39, 0.29) is 22.2 Å². The Hall–Kier alpha value is -2.40. The molecule has 0 spiro atoms. The van der Waals surface area contributed by atoms with E-state index < -0.39 is 4.92 Å². The highest BCUT2D eigenvalue weighted by atomic mass is 35.5. The van der Waals surface area contributed by atoms with Gasteiger partial charge in [0.2, 0.25) is 0 Å². The van der Waals surface area contributed by atoms with Crippen LogP contribution >= 0.6 is 11.6 Å². The molecule has 2 aromatic carbocycles. The van der Waals surface area contributed by atoms with Gasteiger partial charge in [0.1, 0.15) is 0 Å². The second-order valence-electron chi connectivity index (χ2n) is 5.01. The van der Waals surface area contributed by atoms with E-state index in [4.69, 9.17) is 11.6 Å². The molecule has 6 heteroatoms. The molecule has 0 aliphatic carbocycles. The van der Waals surface area contributed by atoms with E-state index in [2.05, 4.69) is 0 Å². The highest BCUT2D eigenvalue weighted by Crippen LogP contribution is 2.24. The summed E-state index contributed by atoms with van der Waals surface area (Å²) >= 11 is 6.00. The van der Waals surface area contributed by atoms with Gasteiger partial charge in [0.15, 0.2) is 0 Å². The van der Waals surface area contributed by atoms with Gasteiger partial charge in [-0.3, -0.25) is 14.9 Å². The molecular formula is C16H15ClN2O3. The summed E-state index contributed by atoms with van der Waals surface area (Å²) in [7, 11) is 1.64. The summed E-state index contributed by atoms with van der Waals surface area (Å²) in [6, 6.07) is 11.6. The number of nitro benzene ring substituents is 1. The van der Waals surface area contributed by atoms with Crippen LogP contribution in [0.3, 0.4) is 0 Å². The fourth-order valence-electron chi connectivity index (χ4n) is 2.11. The van der Waals surface area contributed by atoms with Crippen molar-refractivity contribution in [2.24, 2.45) is 0 Å². The van der Waals surface area contributed by atoms with Gasteiger partial charge in [0.05, 0.1) is 15.5 Å². The molecule has 1 amide bonds. The lowest BCUT2D eigenvalue weighted by molar-refractivity contribution is -0.384. The number of halogens is 1. The van der Waals surface area contributed by atoms with Gasteiger partial charge in [-0.1, -0.05) is 35.9 Å². The molecule has 0 saturated heterocycles. The molecule has 0 aliphatic heterocycles. The summed E-state index contributed by atoms with van der Waals surface area (Å²) in [5, 5.41) is 11.0. The molecule has 0 aliphatic rings. The van der Waals surface area contributed by atoms with Gasteiger partial charge in [-0.25, -0.2) is 0 Å². The van der Waals surface area contributed by atoms with E-state index in [0.717, 1.165) is 11.1 Å². The molecule has 5 nitrogen and oxygen atoms in total. The first kappa shape index (κ1) is 16.0. The Kier molecular flexibility index (Phi) is 4.78. The molecule has 0 radical (unpaired) electrons. The lowest BCUT2D eigenvalue weighted by Gasteiger charge is -2.19. The largest absolute Gasteiger partial charge is 0.337 e. The topological polar surface area (TPSA) is 63.5 Å². The Labute approximate surface area is 133 Å². The highest BCUT2D eigenvalue weighted by Gasteiger charge is 2.19. The van der Waals surface area contributed by atoms with Crippen LogP contribution in [0.1, 0.15) is 21.5 Å². The Balaban J connectivity index is 2.26. The smallest absolute Gasteiger partial charge is 0.270 e. The van der Waals surface area contributed by atoms with E-state index in [1.54, 1.807) is 7.05 Å². The van der Waals surface area contributed by atoms with Crippen molar-refractivity contribution in [3.05, 3.63) is 74.3 Å². The average molecular weight is 319 g/mol. The number of aryl methyl sites for hydroxylation is 1. The number of carbonyl (C=O) groups excluding carboxylic acids is 1. The van der Waals surface area contributed by atoms with E-state index >= 15 is 0 Å². The quantitative estimate of drug-likeness (QED) is 0.635. The minimum absolute atomic E-state index is 0.131. The maximum absolute atomic E-state index is 12.5. The molecule has 114 valence electrons. The molecular weight excluding hydrogens is 304 g/mol. The van der Waals surface area contributed by atoms with Gasteiger partial charge in [-0.15, -0.1) is 0 Å². The maximum Gasteiger partial charge on any atom is 0.270 e. The SMILES string of the molecule is Cc1ccccc1CN(C)C(=O)c1cc([N+](=O)[O-])ccc1Cl. The van der Waals surface area contributed by atoms with Crippen molar-refractivity contribution in [2.45, 2.75) is 13.5 Å². The molecule has 0 unspecified atom stereocenters. The number of nitrogens with zero attached hydrogens (tertiary/aromatic N) is 2. The van der Waals surface area contributed by atoms with Crippen LogP contribution in [0.15, 0.2) is 42.5 Å². The summed E-state index contributed by atoms with van der Waals surface area (Å²) in [4.78, 5) is 24.3. The molecule has 2 rings (SSSR count). The zero-order valence-electron chi connectivity index (χ0n) is 12.2. The first-order valence-corrected chi connectivity index (χ1v) is 7.02. The van der Waals surface area contributed by atoms with Gasteiger partial charge in [0.25, 0.3) is 11.6 Å². The number of amides is 1. The first-order valence-electron chi connectivity index (χ1n) is 6.64. The second-order valence-corrected chi connectivity index (χ2v) is 5.42. The van der Waals surface area contributed by atoms with Crippen molar-refractivity contribution in [3.8, 4) is 0 Å². The Morgan fingerprint density at radius 1 is 1.27 bits per heavy atom. The molecule has 2 aromatic rings. The fourth-order valence-corrected chi connectivity index (χ4v) is 2.31. The van der Waals surface area contributed by atoms with Crippen LogP contribution in [-0.4, -0.2) is 22.8 Å². The minimum atomic E-state index is -0.547. The number of carbonyl (C=O) groups is 1. The van der Waals surface area contributed by atoms with Crippen molar-refractivity contribution >= 4 is 23.2 Å². The molecule has 22 heavy (non-hydrogen) atoms. The van der Waals surface area contributed by atoms with Gasteiger partial charge in [-0.2, -0.15) is 0 Å². The van der Waals surface area contributed by atoms with Crippen molar-refractivity contribution < 1.29 is 9.72 Å². The van der Waals surface area contributed by atoms with Crippen LogP contribution in [0.4, 0.5) is 5.69 Å². The standard InChI is InChI=1S/C16H15ClN2O3/c1-11-5-3-4-6-12(11)10-18(2)16(20)14-9-13(19(21)22)7-8-15(14)17/h3-9H,10H2,1-2H3. The highest BCUT2D eigenvalue weighted by molar-refractivity contribution is 6.33. The van der Waals surface area contributed by atoms with Crippen molar-refractivity contribution in [1.29, 1.82) is 0 Å². The van der Waals surface area contributed by atoms with E-state index in [1.807, 2.05) is 31.2 Å². The Morgan fingerprint density at radius 3 is 2.59 bits per heavy atom. The monoisotopic (exact) mass is 318 g/mol. The number of nitro groups is 1. The van der Waals surface area contributed by atoms with Crippen LogP contribution in [0, 0.1) is 17.0 Å². The number of hydrogen-bond donors (Lipinski definition) is 0. The van der Waals surface area contributed by atoms with E-state index in [0.29, 0.717) is 6.54 Å². The predicted octanol–water partition coefficient (Wildman–Crippen LogP) is 3.83. The van der Waals surface area contributed by atoms with Gasteiger partial charge < -0.3 is 4.90 Å². The predicted molar refractivity (Wildman–Crippen MR) is 85.1 cm³/mol. The minimum Gasteiger partial charge on any atom is -0.337 e. The molecule has 0 saturated carbocycles. The lowest BCUT2D eigenvalue weighted by atomic mass is 10.1. The van der Waals surface area contributed by atoms with Gasteiger partial charge in [-0.05, 0) is 24.1 Å². The number of non-ortho nitro benzene ring substituents is 1. The normalized spacial score (nSPS) is 10.3. The van der Waals surface area contributed by atoms with Gasteiger partial charge >= 0.3 is 0 Å². The van der Waals surface area contributed by atoms with Crippen LogP contribution < -0.4 is 0 Å². The van der Waals surface area contributed by atoms with Crippen LogP contribution in [0.2, 0.25) is 5.02 Å². The van der Waals surface area contributed by atoms with Crippen LogP contribution in [-0.2, 0) is 6.54 Å². The van der Waals surface area contributed by atoms with E-state index in [1.165, 1.54) is 23.1 Å². The zero-order valence-corrected chi connectivity index (χ0v) is 13.0. The number of benzene rings is 2. The molecule has 0 aromatic heterocycles. The Morgan fingerprint density at radius 2 is 1.95 bits per heavy atom. The fraction of sp³-hybridized carbons (Fsp3) is 0.188. The summed E-state index contributed by atoms with van der Waals surface area (Å²) in [6.45, 7) is 2.37. The summed E-state index contributed by atoms with van der Waals surface area (Å²) < 4.78 is 0. The molecule has 0 fully saturated rings. The van der Waals surface area contributed by atoms with Crippen LogP contribution in [0.25, 0.3) is 0 Å². The second kappa shape index (κ2) is 6.58. The first-order chi connectivity index (χ1) is 10.4. The molecule has 0 heterocycles. The third-order valence-corrected chi connectivity index (χ3v) is 3.74. The number of rotatable bonds is 4. The summed E-state index contributed by atoms with van der Waals surface area (Å²) in [6.07, 6.45) is 0. The van der Waals surface area contributed by atoms with Crippen molar-refractivity contribution in [3.63, 3.8) is 0 Å². The average Bonchev–Trinajstić information content (AvgIpc) is 2.49. The molecule has 0 N–H and O–H groups in total. The third-order valence-electron chi connectivity index (χ3n) is 3.41. The maximum atomic E-state index is 12.5. The van der Waals surface area contributed by atoms with E-state index in [9.17, 15) is 14.9 Å². The van der Waals surface area contributed by atoms with Gasteiger partial charge in [0, 0.05) is 25.7 Å². The lowest BCUT2D eigenvalue weighted by Crippen LogP contribution is -2.26. The third kappa shape index (κ3) is 3.43. The summed E-state index contributed by atoms with van der Waals surface area (Å²) in [5.74, 6) is -0.350. The zero-order chi connectivity index (χ0) is 16.3.